The summed E-state index contributed by atoms with van der Waals surface area (Å²) in [6.45, 7) is 7.82. The zero-order valence-electron chi connectivity index (χ0n) is 13.3. The lowest BCUT2D eigenvalue weighted by molar-refractivity contribution is -0.133. The Hall–Kier alpha value is -2.62. The number of hydrogen-bond acceptors (Lipinski definition) is 2. The summed E-state index contributed by atoms with van der Waals surface area (Å²) < 4.78 is 0. The molecule has 0 unspecified atom stereocenters. The summed E-state index contributed by atoms with van der Waals surface area (Å²) in [4.78, 5) is 24.0. The van der Waals surface area contributed by atoms with Gasteiger partial charge in [-0.3, -0.25) is 9.59 Å². The van der Waals surface area contributed by atoms with Gasteiger partial charge < -0.3 is 10.6 Å². The van der Waals surface area contributed by atoms with E-state index in [-0.39, 0.29) is 0 Å². The molecular formula is C18H20N2O2. The number of aryl methyl sites for hydroxylation is 4. The number of carbonyl (C=O) groups is 2. The van der Waals surface area contributed by atoms with Gasteiger partial charge in [-0.1, -0.05) is 23.8 Å². The molecule has 2 aromatic carbocycles. The summed E-state index contributed by atoms with van der Waals surface area (Å²) in [6.07, 6.45) is 0. The van der Waals surface area contributed by atoms with Crippen LogP contribution in [0.1, 0.15) is 22.3 Å². The molecule has 0 saturated carbocycles. The van der Waals surface area contributed by atoms with E-state index in [1.165, 1.54) is 0 Å². The van der Waals surface area contributed by atoms with Gasteiger partial charge in [0.2, 0.25) is 0 Å². The molecule has 114 valence electrons. The van der Waals surface area contributed by atoms with Crippen LogP contribution in [-0.2, 0) is 9.59 Å². The Bertz CT molecular complexity index is 736. The maximum Gasteiger partial charge on any atom is 0.314 e. The first kappa shape index (κ1) is 15.8. The highest BCUT2D eigenvalue weighted by Gasteiger charge is 2.15. The highest BCUT2D eigenvalue weighted by atomic mass is 16.2. The van der Waals surface area contributed by atoms with Crippen LogP contribution in [-0.4, -0.2) is 11.8 Å². The highest BCUT2D eigenvalue weighted by Crippen LogP contribution is 2.17. The van der Waals surface area contributed by atoms with Crippen molar-refractivity contribution in [2.75, 3.05) is 10.6 Å². The number of amides is 2. The van der Waals surface area contributed by atoms with Crippen LogP contribution in [0.2, 0.25) is 0 Å². The molecule has 0 aliphatic rings. The fraction of sp³-hybridized carbons (Fsp3) is 0.222. The van der Waals surface area contributed by atoms with E-state index in [1.54, 1.807) is 12.1 Å². The van der Waals surface area contributed by atoms with E-state index in [0.717, 1.165) is 22.3 Å². The van der Waals surface area contributed by atoms with Gasteiger partial charge >= 0.3 is 11.8 Å². The molecular weight excluding hydrogens is 276 g/mol. The Kier molecular flexibility index (Phi) is 4.61. The molecule has 2 amide bonds. The molecule has 0 heterocycles. The largest absolute Gasteiger partial charge is 0.318 e. The minimum absolute atomic E-state index is 0.615. The van der Waals surface area contributed by atoms with E-state index in [2.05, 4.69) is 10.6 Å². The van der Waals surface area contributed by atoms with E-state index < -0.39 is 11.8 Å². The number of carbonyl (C=O) groups excluding carboxylic acids is 2. The number of rotatable bonds is 2. The van der Waals surface area contributed by atoms with Crippen LogP contribution in [0.15, 0.2) is 36.4 Å². The molecule has 0 atom stereocenters. The Labute approximate surface area is 130 Å². The zero-order valence-corrected chi connectivity index (χ0v) is 13.3. The average Bonchev–Trinajstić information content (AvgIpc) is 2.45. The third-order valence-electron chi connectivity index (χ3n) is 3.60. The Morgan fingerprint density at radius 2 is 1.41 bits per heavy atom. The zero-order chi connectivity index (χ0) is 16.3. The van der Waals surface area contributed by atoms with E-state index >= 15 is 0 Å². The van der Waals surface area contributed by atoms with Crippen LogP contribution in [0.25, 0.3) is 0 Å². The van der Waals surface area contributed by atoms with Crippen molar-refractivity contribution in [2.45, 2.75) is 27.7 Å². The minimum Gasteiger partial charge on any atom is -0.318 e. The van der Waals surface area contributed by atoms with Crippen molar-refractivity contribution in [2.24, 2.45) is 0 Å². The Balaban J connectivity index is 2.05. The van der Waals surface area contributed by atoms with Crippen LogP contribution in [0.3, 0.4) is 0 Å². The summed E-state index contributed by atoms with van der Waals surface area (Å²) in [5, 5.41) is 5.24. The summed E-state index contributed by atoms with van der Waals surface area (Å²) >= 11 is 0. The predicted octanol–water partition coefficient (Wildman–Crippen LogP) is 3.50. The summed E-state index contributed by atoms with van der Waals surface area (Å²) in [5.74, 6) is -1.35. The van der Waals surface area contributed by atoms with Gasteiger partial charge in [-0.05, 0) is 62.6 Å². The second-order valence-electron chi connectivity index (χ2n) is 5.53. The van der Waals surface area contributed by atoms with Gasteiger partial charge in [0.15, 0.2) is 0 Å². The molecule has 0 saturated heterocycles. The molecule has 0 spiro atoms. The molecule has 0 radical (unpaired) electrons. The summed E-state index contributed by atoms with van der Waals surface area (Å²) in [5.41, 5.74) is 5.49. The van der Waals surface area contributed by atoms with Gasteiger partial charge in [0, 0.05) is 11.4 Å². The first-order valence-electron chi connectivity index (χ1n) is 7.13. The molecule has 0 aliphatic carbocycles. The third-order valence-corrected chi connectivity index (χ3v) is 3.60. The minimum atomic E-state index is -0.678. The second kappa shape index (κ2) is 6.43. The van der Waals surface area contributed by atoms with Crippen LogP contribution in [0, 0.1) is 27.7 Å². The molecule has 4 nitrogen and oxygen atoms in total. The van der Waals surface area contributed by atoms with Crippen molar-refractivity contribution in [1.29, 1.82) is 0 Å². The topological polar surface area (TPSA) is 58.2 Å². The van der Waals surface area contributed by atoms with Crippen molar-refractivity contribution < 1.29 is 9.59 Å². The fourth-order valence-corrected chi connectivity index (χ4v) is 2.14. The van der Waals surface area contributed by atoms with Gasteiger partial charge in [0.1, 0.15) is 0 Å². The fourth-order valence-electron chi connectivity index (χ4n) is 2.14. The van der Waals surface area contributed by atoms with Gasteiger partial charge in [-0.15, -0.1) is 0 Å². The Morgan fingerprint density at radius 1 is 0.727 bits per heavy atom. The van der Waals surface area contributed by atoms with E-state index in [1.807, 2.05) is 52.0 Å². The van der Waals surface area contributed by atoms with E-state index in [9.17, 15) is 9.59 Å². The van der Waals surface area contributed by atoms with Gasteiger partial charge in [0.25, 0.3) is 0 Å². The van der Waals surface area contributed by atoms with Crippen LogP contribution >= 0.6 is 0 Å². The molecule has 0 bridgehead atoms. The van der Waals surface area contributed by atoms with Crippen molar-refractivity contribution >= 4 is 23.2 Å². The van der Waals surface area contributed by atoms with Crippen molar-refractivity contribution in [3.63, 3.8) is 0 Å². The lowest BCUT2D eigenvalue weighted by Gasteiger charge is -2.10. The molecule has 0 aliphatic heterocycles. The first-order chi connectivity index (χ1) is 10.4. The summed E-state index contributed by atoms with van der Waals surface area (Å²) in [6, 6.07) is 11.2. The summed E-state index contributed by atoms with van der Waals surface area (Å²) in [7, 11) is 0. The molecule has 2 aromatic rings. The molecule has 0 aromatic heterocycles. The molecule has 2 rings (SSSR count). The maximum absolute atomic E-state index is 12.0. The quantitative estimate of drug-likeness (QED) is 0.833. The lowest BCUT2D eigenvalue weighted by Crippen LogP contribution is -2.29. The Morgan fingerprint density at radius 3 is 2.05 bits per heavy atom. The van der Waals surface area contributed by atoms with Crippen LogP contribution in [0.5, 0.6) is 0 Å². The standard InChI is InChI=1S/C18H20N2O2/c1-11-5-8-16(14(4)9-11)20-18(22)17(21)19-15-7-6-12(2)13(3)10-15/h5-10H,1-4H3,(H,19,21)(H,20,22). The SMILES string of the molecule is Cc1ccc(NC(=O)C(=O)Nc2ccc(C)c(C)c2)c(C)c1. The first-order valence-corrected chi connectivity index (χ1v) is 7.13. The van der Waals surface area contributed by atoms with Crippen LogP contribution < -0.4 is 10.6 Å². The number of benzene rings is 2. The number of hydrogen-bond donors (Lipinski definition) is 2. The van der Waals surface area contributed by atoms with Crippen LogP contribution in [0.4, 0.5) is 11.4 Å². The molecule has 0 fully saturated rings. The number of anilines is 2. The molecule has 22 heavy (non-hydrogen) atoms. The average molecular weight is 296 g/mol. The molecule has 2 N–H and O–H groups in total. The van der Waals surface area contributed by atoms with E-state index in [0.29, 0.717) is 11.4 Å². The van der Waals surface area contributed by atoms with Gasteiger partial charge in [-0.2, -0.15) is 0 Å². The van der Waals surface area contributed by atoms with Gasteiger partial charge in [-0.25, -0.2) is 0 Å². The van der Waals surface area contributed by atoms with Gasteiger partial charge in [0.05, 0.1) is 0 Å². The number of nitrogens with one attached hydrogen (secondary N) is 2. The molecule has 4 heteroatoms. The third kappa shape index (κ3) is 3.73. The van der Waals surface area contributed by atoms with Crippen molar-refractivity contribution in [1.82, 2.24) is 0 Å². The predicted molar refractivity (Wildman–Crippen MR) is 89.1 cm³/mol. The monoisotopic (exact) mass is 296 g/mol. The highest BCUT2D eigenvalue weighted by molar-refractivity contribution is 6.43. The van der Waals surface area contributed by atoms with E-state index in [4.69, 9.17) is 0 Å². The lowest BCUT2D eigenvalue weighted by atomic mass is 10.1. The van der Waals surface area contributed by atoms with Crippen molar-refractivity contribution in [3.05, 3.63) is 58.7 Å². The normalized spacial score (nSPS) is 10.2. The second-order valence-corrected chi connectivity index (χ2v) is 5.53. The smallest absolute Gasteiger partial charge is 0.314 e. The maximum atomic E-state index is 12.0. The van der Waals surface area contributed by atoms with Crippen molar-refractivity contribution in [3.8, 4) is 0 Å².